The summed E-state index contributed by atoms with van der Waals surface area (Å²) >= 11 is 0. The second-order valence-corrected chi connectivity index (χ2v) is 4.94. The maximum absolute atomic E-state index is 12.0. The van der Waals surface area contributed by atoms with Crippen molar-refractivity contribution in [2.45, 2.75) is 51.1 Å². The summed E-state index contributed by atoms with van der Waals surface area (Å²) < 4.78 is 0. The monoisotopic (exact) mass is 240 g/mol. The first-order chi connectivity index (χ1) is 8.15. The van der Waals surface area contributed by atoms with Crippen LogP contribution in [0.25, 0.3) is 0 Å². The van der Waals surface area contributed by atoms with Crippen LogP contribution in [0.4, 0.5) is 4.79 Å². The number of aliphatic carboxylic acids is 1. The van der Waals surface area contributed by atoms with Crippen LogP contribution >= 0.6 is 0 Å². The third-order valence-electron chi connectivity index (χ3n) is 3.94. The molecule has 0 bridgehead atoms. The second-order valence-electron chi connectivity index (χ2n) is 4.94. The van der Waals surface area contributed by atoms with Crippen molar-refractivity contribution in [2.75, 3.05) is 6.54 Å². The van der Waals surface area contributed by atoms with Gasteiger partial charge in [-0.2, -0.15) is 0 Å². The fraction of sp³-hybridized carbons (Fsp3) is 0.833. The summed E-state index contributed by atoms with van der Waals surface area (Å²) in [5, 5.41) is 12.0. The largest absolute Gasteiger partial charge is 0.480 e. The predicted octanol–water partition coefficient (Wildman–Crippen LogP) is 1.43. The zero-order valence-electron chi connectivity index (χ0n) is 10.2. The Labute approximate surface area is 101 Å². The minimum atomic E-state index is -0.870. The molecule has 0 aromatic heterocycles. The fourth-order valence-corrected chi connectivity index (χ4v) is 3.22. The van der Waals surface area contributed by atoms with Gasteiger partial charge in [-0.3, -0.25) is 0 Å². The van der Waals surface area contributed by atoms with Crippen molar-refractivity contribution >= 4 is 12.0 Å². The molecule has 5 nitrogen and oxygen atoms in total. The zero-order valence-corrected chi connectivity index (χ0v) is 10.2. The lowest BCUT2D eigenvalue weighted by atomic mass is 9.85. The number of fused-ring (bicyclic) bond motifs is 1. The van der Waals surface area contributed by atoms with Gasteiger partial charge in [-0.1, -0.05) is 12.8 Å². The van der Waals surface area contributed by atoms with Gasteiger partial charge in [0.25, 0.3) is 0 Å². The van der Waals surface area contributed by atoms with E-state index in [1.165, 1.54) is 0 Å². The first-order valence-corrected chi connectivity index (χ1v) is 6.44. The van der Waals surface area contributed by atoms with Gasteiger partial charge in [-0.15, -0.1) is 0 Å². The number of carbonyl (C=O) groups excluding carboxylic acids is 1. The van der Waals surface area contributed by atoms with Crippen LogP contribution in [-0.2, 0) is 4.79 Å². The Kier molecular flexibility index (Phi) is 3.54. The second kappa shape index (κ2) is 4.94. The molecule has 2 fully saturated rings. The third-order valence-corrected chi connectivity index (χ3v) is 3.94. The highest BCUT2D eigenvalue weighted by Crippen LogP contribution is 2.39. The molecule has 2 rings (SSSR count). The van der Waals surface area contributed by atoms with Crippen molar-refractivity contribution < 1.29 is 14.7 Å². The standard InChI is InChI=1S/C12H20N2O3/c1-2-13-12(17)14-9-6-4-3-5-8(9)7-10(14)11(15)16/h8-10H,2-7H2,1H3,(H,13,17)(H,15,16)/t8-,9-,10+/m0/s1. The normalized spacial score (nSPS) is 32.1. The van der Waals surface area contributed by atoms with Crippen LogP contribution in [0.15, 0.2) is 0 Å². The molecule has 96 valence electrons. The quantitative estimate of drug-likeness (QED) is 0.767. The van der Waals surface area contributed by atoms with Crippen molar-refractivity contribution in [2.24, 2.45) is 5.92 Å². The molecule has 1 aliphatic carbocycles. The van der Waals surface area contributed by atoms with Crippen LogP contribution in [0.5, 0.6) is 0 Å². The molecule has 3 atom stereocenters. The number of rotatable bonds is 2. The summed E-state index contributed by atoms with van der Waals surface area (Å²) in [6.07, 6.45) is 4.90. The number of carbonyl (C=O) groups is 2. The van der Waals surface area contributed by atoms with Crippen LogP contribution in [0, 0.1) is 5.92 Å². The lowest BCUT2D eigenvalue weighted by Crippen LogP contribution is -2.50. The highest BCUT2D eigenvalue weighted by molar-refractivity contribution is 5.83. The van der Waals surface area contributed by atoms with Gasteiger partial charge in [0, 0.05) is 12.6 Å². The van der Waals surface area contributed by atoms with Crippen molar-refractivity contribution in [1.82, 2.24) is 10.2 Å². The number of urea groups is 1. The van der Waals surface area contributed by atoms with Crippen molar-refractivity contribution in [3.63, 3.8) is 0 Å². The van der Waals surface area contributed by atoms with Gasteiger partial charge < -0.3 is 15.3 Å². The number of nitrogens with one attached hydrogen (secondary N) is 1. The van der Waals surface area contributed by atoms with Gasteiger partial charge in [0.1, 0.15) is 6.04 Å². The molecule has 2 aliphatic rings. The first kappa shape index (κ1) is 12.2. The number of carboxylic acid groups (broad SMARTS) is 1. The van der Waals surface area contributed by atoms with E-state index in [2.05, 4.69) is 5.32 Å². The Morgan fingerprint density at radius 1 is 1.35 bits per heavy atom. The van der Waals surface area contributed by atoms with Crippen LogP contribution < -0.4 is 5.32 Å². The van der Waals surface area contributed by atoms with E-state index < -0.39 is 12.0 Å². The van der Waals surface area contributed by atoms with Crippen molar-refractivity contribution in [1.29, 1.82) is 0 Å². The van der Waals surface area contributed by atoms with E-state index in [1.807, 2.05) is 6.92 Å². The summed E-state index contributed by atoms with van der Waals surface area (Å²) in [4.78, 5) is 24.8. The van der Waals surface area contributed by atoms with Gasteiger partial charge in [0.05, 0.1) is 0 Å². The van der Waals surface area contributed by atoms with Crippen LogP contribution in [0.2, 0.25) is 0 Å². The molecule has 1 saturated heterocycles. The SMILES string of the molecule is CCNC(=O)N1[C@@H](C(=O)O)C[C@@H]2CCCC[C@@H]21. The maximum atomic E-state index is 12.0. The summed E-state index contributed by atoms with van der Waals surface area (Å²) in [6, 6.07) is -0.708. The molecule has 0 aromatic carbocycles. The number of nitrogens with zero attached hydrogens (tertiary/aromatic N) is 1. The average molecular weight is 240 g/mol. The topological polar surface area (TPSA) is 69.6 Å². The van der Waals surface area contributed by atoms with E-state index >= 15 is 0 Å². The van der Waals surface area contributed by atoms with E-state index in [9.17, 15) is 14.7 Å². The number of hydrogen-bond acceptors (Lipinski definition) is 2. The highest BCUT2D eigenvalue weighted by Gasteiger charge is 2.47. The molecule has 1 heterocycles. The Morgan fingerprint density at radius 2 is 2.06 bits per heavy atom. The lowest BCUT2D eigenvalue weighted by molar-refractivity contribution is -0.141. The van der Waals surface area contributed by atoms with Gasteiger partial charge in [-0.05, 0) is 32.1 Å². The van der Waals surface area contributed by atoms with Gasteiger partial charge in [0.2, 0.25) is 0 Å². The Balaban J connectivity index is 2.17. The summed E-state index contributed by atoms with van der Waals surface area (Å²) in [5.74, 6) is -0.488. The van der Waals surface area contributed by atoms with Crippen molar-refractivity contribution in [3.05, 3.63) is 0 Å². The molecule has 5 heteroatoms. The molecule has 0 aromatic rings. The summed E-state index contributed by atoms with van der Waals surface area (Å²) in [5.41, 5.74) is 0. The van der Waals surface area contributed by atoms with E-state index in [-0.39, 0.29) is 12.1 Å². The molecular weight excluding hydrogens is 220 g/mol. The zero-order chi connectivity index (χ0) is 12.4. The molecule has 2 N–H and O–H groups in total. The van der Waals surface area contributed by atoms with Crippen LogP contribution in [-0.4, -0.2) is 40.6 Å². The number of hydrogen-bond donors (Lipinski definition) is 2. The molecule has 1 saturated carbocycles. The molecule has 0 unspecified atom stereocenters. The first-order valence-electron chi connectivity index (χ1n) is 6.44. The van der Waals surface area contributed by atoms with Crippen LogP contribution in [0.3, 0.4) is 0 Å². The van der Waals surface area contributed by atoms with Gasteiger partial charge in [0.15, 0.2) is 0 Å². The minimum Gasteiger partial charge on any atom is -0.480 e. The fourth-order valence-electron chi connectivity index (χ4n) is 3.22. The van der Waals surface area contributed by atoms with E-state index in [0.717, 1.165) is 25.7 Å². The Bertz CT molecular complexity index is 319. The third kappa shape index (κ3) is 2.23. The minimum absolute atomic E-state index is 0.136. The van der Waals surface area contributed by atoms with E-state index in [4.69, 9.17) is 0 Å². The number of amides is 2. The molecular formula is C12H20N2O3. The molecule has 2 amide bonds. The van der Waals surface area contributed by atoms with Crippen LogP contribution in [0.1, 0.15) is 39.0 Å². The molecule has 0 radical (unpaired) electrons. The Morgan fingerprint density at radius 3 is 2.71 bits per heavy atom. The molecule has 1 aliphatic heterocycles. The van der Waals surface area contributed by atoms with Crippen molar-refractivity contribution in [3.8, 4) is 0 Å². The maximum Gasteiger partial charge on any atom is 0.326 e. The summed E-state index contributed by atoms with van der Waals surface area (Å²) in [6.45, 7) is 2.39. The lowest BCUT2D eigenvalue weighted by Gasteiger charge is -2.32. The number of likely N-dealkylation sites (tertiary alicyclic amines) is 1. The highest BCUT2D eigenvalue weighted by atomic mass is 16.4. The number of carboxylic acids is 1. The summed E-state index contributed by atoms with van der Waals surface area (Å²) in [7, 11) is 0. The smallest absolute Gasteiger partial charge is 0.326 e. The van der Waals surface area contributed by atoms with Gasteiger partial charge >= 0.3 is 12.0 Å². The van der Waals surface area contributed by atoms with E-state index in [0.29, 0.717) is 18.9 Å². The predicted molar refractivity (Wildman–Crippen MR) is 62.7 cm³/mol. The Hall–Kier alpha value is -1.26. The van der Waals surface area contributed by atoms with E-state index in [1.54, 1.807) is 4.90 Å². The van der Waals surface area contributed by atoms with Gasteiger partial charge in [-0.25, -0.2) is 9.59 Å². The average Bonchev–Trinajstić information content (AvgIpc) is 2.68. The molecule has 0 spiro atoms. The molecule has 17 heavy (non-hydrogen) atoms.